The molecule has 1 aliphatic rings. The van der Waals surface area contributed by atoms with Gasteiger partial charge in [-0.3, -0.25) is 14.5 Å². The van der Waals surface area contributed by atoms with E-state index >= 15 is 0 Å². The van der Waals surface area contributed by atoms with Crippen LogP contribution in [0.2, 0.25) is 0 Å². The van der Waals surface area contributed by atoms with Gasteiger partial charge in [-0.25, -0.2) is 0 Å². The minimum atomic E-state index is 0.0789. The van der Waals surface area contributed by atoms with Crippen molar-refractivity contribution >= 4 is 18.1 Å². The van der Waals surface area contributed by atoms with Crippen LogP contribution in [0.3, 0.4) is 0 Å². The van der Waals surface area contributed by atoms with Gasteiger partial charge in [-0.15, -0.1) is 0 Å². The molecule has 1 fully saturated rings. The van der Waals surface area contributed by atoms with Crippen LogP contribution in [0.5, 0.6) is 0 Å². The first-order valence-corrected chi connectivity index (χ1v) is 8.53. The minimum Gasteiger partial charge on any atom is -0.356 e. The van der Waals surface area contributed by atoms with Crippen LogP contribution in [-0.2, 0) is 11.3 Å². The van der Waals surface area contributed by atoms with E-state index in [0.717, 1.165) is 17.9 Å². The number of H-pyrrole nitrogens is 1. The number of hydrogen-bond acceptors (Lipinski definition) is 3. The minimum absolute atomic E-state index is 0.0789. The molecule has 2 N–H and O–H groups in total. The number of aromatic amines is 1. The van der Waals surface area contributed by atoms with Crippen molar-refractivity contribution in [3.8, 4) is 11.4 Å². The third-order valence-electron chi connectivity index (χ3n) is 4.41. The monoisotopic (exact) mass is 330 g/mol. The second kappa shape index (κ2) is 7.08. The van der Waals surface area contributed by atoms with Gasteiger partial charge in [0.05, 0.1) is 0 Å². The summed E-state index contributed by atoms with van der Waals surface area (Å²) in [4.78, 5) is 12.0. The van der Waals surface area contributed by atoms with E-state index in [-0.39, 0.29) is 5.91 Å². The number of nitrogens with zero attached hydrogens (tertiary/aromatic N) is 2. The molecule has 1 saturated carbocycles. The Bertz CT molecular complexity index is 745. The average molecular weight is 330 g/mol. The van der Waals surface area contributed by atoms with Crippen molar-refractivity contribution in [1.29, 1.82) is 0 Å². The average Bonchev–Trinajstić information content (AvgIpc) is 2.84. The first-order valence-electron chi connectivity index (χ1n) is 8.12. The number of benzene rings is 1. The van der Waals surface area contributed by atoms with E-state index in [1.807, 2.05) is 29.7 Å². The molecule has 0 saturated heterocycles. The molecule has 0 spiro atoms. The fraction of sp³-hybridized carbons (Fsp3) is 0.471. The summed E-state index contributed by atoms with van der Waals surface area (Å²) in [5.74, 6) is 1.54. The molecular weight excluding hydrogens is 308 g/mol. The topological polar surface area (TPSA) is 62.7 Å². The molecule has 0 unspecified atom stereocenters. The summed E-state index contributed by atoms with van der Waals surface area (Å²) >= 11 is 5.30. The van der Waals surface area contributed by atoms with Crippen LogP contribution in [0.15, 0.2) is 24.3 Å². The van der Waals surface area contributed by atoms with Crippen molar-refractivity contribution in [1.82, 2.24) is 20.1 Å². The lowest BCUT2D eigenvalue weighted by molar-refractivity contribution is -0.121. The molecule has 0 atom stereocenters. The molecule has 23 heavy (non-hydrogen) atoms. The molecule has 6 heteroatoms. The summed E-state index contributed by atoms with van der Waals surface area (Å²) in [6.45, 7) is 3.39. The van der Waals surface area contributed by atoms with Crippen LogP contribution in [0.1, 0.15) is 31.2 Å². The Morgan fingerprint density at radius 2 is 2.30 bits per heavy atom. The highest BCUT2D eigenvalue weighted by molar-refractivity contribution is 7.71. The summed E-state index contributed by atoms with van der Waals surface area (Å²) in [5, 5.41) is 10.2. The Labute approximate surface area is 141 Å². The van der Waals surface area contributed by atoms with Crippen molar-refractivity contribution in [2.75, 3.05) is 6.54 Å². The molecule has 0 radical (unpaired) electrons. The molecule has 5 nitrogen and oxygen atoms in total. The quantitative estimate of drug-likeness (QED) is 0.799. The zero-order valence-electron chi connectivity index (χ0n) is 13.3. The van der Waals surface area contributed by atoms with Gasteiger partial charge in [0.2, 0.25) is 5.91 Å². The predicted molar refractivity (Wildman–Crippen MR) is 92.6 cm³/mol. The lowest BCUT2D eigenvalue weighted by Gasteiger charge is -2.25. The second-order valence-corrected chi connectivity index (χ2v) is 6.61. The molecule has 2 aromatic rings. The molecule has 1 aromatic heterocycles. The fourth-order valence-electron chi connectivity index (χ4n) is 2.79. The van der Waals surface area contributed by atoms with E-state index in [9.17, 15) is 4.79 Å². The molecule has 1 aromatic carbocycles. The molecule has 1 amide bonds. The Morgan fingerprint density at radius 3 is 3.00 bits per heavy atom. The van der Waals surface area contributed by atoms with E-state index < -0.39 is 0 Å². The fourth-order valence-corrected chi connectivity index (χ4v) is 3.01. The second-order valence-electron chi connectivity index (χ2n) is 6.22. The summed E-state index contributed by atoms with van der Waals surface area (Å²) in [6.07, 6.45) is 4.19. The summed E-state index contributed by atoms with van der Waals surface area (Å²) in [7, 11) is 0. The standard InChI is InChI=1S/C17H22N4OS/c1-12-4-2-7-14(10-12)16-19-20-17(23)21(16)9-8-15(22)18-11-13-5-3-6-13/h2,4,7,10,13H,3,5-6,8-9,11H2,1H3,(H,18,22)(H,20,23). The lowest BCUT2D eigenvalue weighted by atomic mass is 9.85. The van der Waals surface area contributed by atoms with E-state index in [0.29, 0.717) is 23.7 Å². The number of carbonyl (C=O) groups is 1. The normalized spacial score (nSPS) is 14.5. The van der Waals surface area contributed by atoms with Crippen molar-refractivity contribution in [2.45, 2.75) is 39.2 Å². The maximum Gasteiger partial charge on any atom is 0.221 e. The van der Waals surface area contributed by atoms with E-state index in [2.05, 4.69) is 21.6 Å². The van der Waals surface area contributed by atoms with E-state index in [1.165, 1.54) is 24.8 Å². The van der Waals surface area contributed by atoms with Gasteiger partial charge >= 0.3 is 0 Å². The molecule has 0 bridgehead atoms. The van der Waals surface area contributed by atoms with Crippen molar-refractivity contribution in [2.24, 2.45) is 5.92 Å². The van der Waals surface area contributed by atoms with Gasteiger partial charge in [0.1, 0.15) is 0 Å². The highest BCUT2D eigenvalue weighted by atomic mass is 32.1. The molecule has 1 aliphatic carbocycles. The number of aryl methyl sites for hydroxylation is 1. The Morgan fingerprint density at radius 1 is 1.48 bits per heavy atom. The van der Waals surface area contributed by atoms with Gasteiger partial charge in [-0.1, -0.05) is 30.2 Å². The molecular formula is C17H22N4OS. The van der Waals surface area contributed by atoms with Gasteiger partial charge in [-0.2, -0.15) is 5.10 Å². The van der Waals surface area contributed by atoms with Gasteiger partial charge < -0.3 is 5.32 Å². The SMILES string of the molecule is Cc1cccc(-c2n[nH]c(=S)n2CCC(=O)NCC2CCC2)c1. The summed E-state index contributed by atoms with van der Waals surface area (Å²) in [5.41, 5.74) is 2.17. The Hall–Kier alpha value is -1.95. The van der Waals surface area contributed by atoms with Crippen LogP contribution >= 0.6 is 12.2 Å². The van der Waals surface area contributed by atoms with Crippen LogP contribution in [0.4, 0.5) is 0 Å². The van der Waals surface area contributed by atoms with Crippen molar-refractivity contribution < 1.29 is 4.79 Å². The lowest BCUT2D eigenvalue weighted by Crippen LogP contribution is -2.32. The van der Waals surface area contributed by atoms with Crippen LogP contribution in [-0.4, -0.2) is 27.2 Å². The van der Waals surface area contributed by atoms with Crippen molar-refractivity contribution in [3.63, 3.8) is 0 Å². The first kappa shape index (κ1) is 15.9. The zero-order chi connectivity index (χ0) is 16.2. The molecule has 3 rings (SSSR count). The van der Waals surface area contributed by atoms with Crippen LogP contribution in [0, 0.1) is 17.6 Å². The third-order valence-corrected chi connectivity index (χ3v) is 4.72. The number of carbonyl (C=O) groups excluding carboxylic acids is 1. The number of hydrogen-bond donors (Lipinski definition) is 2. The largest absolute Gasteiger partial charge is 0.356 e. The smallest absolute Gasteiger partial charge is 0.221 e. The van der Waals surface area contributed by atoms with Gasteiger partial charge in [-0.05, 0) is 44.0 Å². The maximum atomic E-state index is 12.0. The summed E-state index contributed by atoms with van der Waals surface area (Å²) in [6, 6.07) is 8.12. The highest BCUT2D eigenvalue weighted by Gasteiger charge is 2.18. The van der Waals surface area contributed by atoms with E-state index in [4.69, 9.17) is 12.2 Å². The summed E-state index contributed by atoms with van der Waals surface area (Å²) < 4.78 is 2.45. The van der Waals surface area contributed by atoms with Crippen LogP contribution < -0.4 is 5.32 Å². The number of aromatic nitrogens is 3. The maximum absolute atomic E-state index is 12.0. The zero-order valence-corrected chi connectivity index (χ0v) is 14.2. The third kappa shape index (κ3) is 3.88. The Kier molecular flexibility index (Phi) is 4.91. The van der Waals surface area contributed by atoms with Gasteiger partial charge in [0, 0.05) is 25.1 Å². The van der Waals surface area contributed by atoms with E-state index in [1.54, 1.807) is 0 Å². The molecule has 122 valence electrons. The predicted octanol–water partition coefficient (Wildman–Crippen LogP) is 3.22. The highest BCUT2D eigenvalue weighted by Crippen LogP contribution is 2.25. The Balaban J connectivity index is 1.64. The molecule has 0 aliphatic heterocycles. The van der Waals surface area contributed by atoms with Gasteiger partial charge in [0.15, 0.2) is 10.6 Å². The first-order chi connectivity index (χ1) is 11.1. The molecule has 1 heterocycles. The number of nitrogens with one attached hydrogen (secondary N) is 2. The number of amides is 1. The number of rotatable bonds is 6. The van der Waals surface area contributed by atoms with Gasteiger partial charge in [0.25, 0.3) is 0 Å². The van der Waals surface area contributed by atoms with Crippen molar-refractivity contribution in [3.05, 3.63) is 34.6 Å². The van der Waals surface area contributed by atoms with Crippen LogP contribution in [0.25, 0.3) is 11.4 Å².